The lowest BCUT2D eigenvalue weighted by molar-refractivity contribution is -0.153. The lowest BCUT2D eigenvalue weighted by atomic mass is 10.1. The minimum absolute atomic E-state index is 0.0657. The van der Waals surface area contributed by atoms with Crippen LogP contribution < -0.4 is 9.47 Å². The molecule has 7 heteroatoms. The normalized spacial score (nSPS) is 11.5. The third kappa shape index (κ3) is 6.20. The molecule has 0 aliphatic heterocycles. The van der Waals surface area contributed by atoms with Crippen LogP contribution in [0, 0.1) is 5.82 Å². The van der Waals surface area contributed by atoms with Crippen molar-refractivity contribution in [3.05, 3.63) is 71.5 Å². The van der Waals surface area contributed by atoms with Gasteiger partial charge in [0, 0.05) is 5.39 Å². The molecule has 3 aromatic carbocycles. The summed E-state index contributed by atoms with van der Waals surface area (Å²) in [6, 6.07) is 13.9. The minimum atomic E-state index is -4.56. The molecule has 0 N–H and O–H groups in total. The summed E-state index contributed by atoms with van der Waals surface area (Å²) in [5.74, 6) is -1.75. The Morgan fingerprint density at radius 3 is 2.39 bits per heavy atom. The summed E-state index contributed by atoms with van der Waals surface area (Å²) in [5, 5.41) is 0.435. The number of ether oxygens (including phenoxy) is 2. The smallest absolute Gasteiger partial charge is 0.422 e. The molecule has 164 valence electrons. The zero-order valence-electron chi connectivity index (χ0n) is 17.0. The van der Waals surface area contributed by atoms with Gasteiger partial charge in [-0.1, -0.05) is 38.0 Å². The van der Waals surface area contributed by atoms with Gasteiger partial charge in [-0.3, -0.25) is 0 Å². The molecule has 0 atom stereocenters. The summed E-state index contributed by atoms with van der Waals surface area (Å²) in [4.78, 5) is 12.4. The van der Waals surface area contributed by atoms with Gasteiger partial charge in [-0.15, -0.1) is 0 Å². The van der Waals surface area contributed by atoms with Crippen molar-refractivity contribution in [3.8, 4) is 11.5 Å². The fourth-order valence-corrected chi connectivity index (χ4v) is 3.14. The lowest BCUT2D eigenvalue weighted by Gasteiger charge is -2.12. The predicted molar refractivity (Wildman–Crippen MR) is 110 cm³/mol. The second-order valence-corrected chi connectivity index (χ2v) is 7.21. The van der Waals surface area contributed by atoms with Crippen LogP contribution in [-0.4, -0.2) is 18.8 Å². The molecular formula is C24H22F4O3. The molecule has 0 saturated carbocycles. The van der Waals surface area contributed by atoms with E-state index in [0.29, 0.717) is 10.9 Å². The first-order valence-electron chi connectivity index (χ1n) is 10.00. The van der Waals surface area contributed by atoms with Gasteiger partial charge in [-0.25, -0.2) is 9.18 Å². The van der Waals surface area contributed by atoms with E-state index in [2.05, 4.69) is 11.7 Å². The molecule has 0 aliphatic carbocycles. The number of hydrogen-bond acceptors (Lipinski definition) is 3. The number of unbranched alkanes of at least 4 members (excludes halogenated alkanes) is 2. The second kappa shape index (κ2) is 9.81. The van der Waals surface area contributed by atoms with Gasteiger partial charge in [-0.05, 0) is 60.2 Å². The van der Waals surface area contributed by atoms with Crippen LogP contribution in [0.15, 0.2) is 54.6 Å². The van der Waals surface area contributed by atoms with Crippen molar-refractivity contribution >= 4 is 16.7 Å². The number of esters is 1. The fourth-order valence-electron chi connectivity index (χ4n) is 3.14. The van der Waals surface area contributed by atoms with Gasteiger partial charge in [0.05, 0.1) is 5.56 Å². The van der Waals surface area contributed by atoms with Crippen LogP contribution in [-0.2, 0) is 6.42 Å². The first-order valence-corrected chi connectivity index (χ1v) is 10.00. The molecule has 0 fully saturated rings. The van der Waals surface area contributed by atoms with Crippen molar-refractivity contribution in [3.63, 3.8) is 0 Å². The van der Waals surface area contributed by atoms with Gasteiger partial charge < -0.3 is 9.47 Å². The van der Waals surface area contributed by atoms with Crippen molar-refractivity contribution in [2.75, 3.05) is 6.61 Å². The number of hydrogen-bond donors (Lipinski definition) is 0. The SMILES string of the molecule is CCCCCc1ccc(C(=O)Oc2ccc3c(F)c(OCC(F)(F)F)ccc3c2)cc1. The quantitative estimate of drug-likeness (QED) is 0.168. The molecule has 3 rings (SSSR count). The predicted octanol–water partition coefficient (Wildman–Crippen LogP) is 6.87. The number of alkyl halides is 3. The Labute approximate surface area is 177 Å². The van der Waals surface area contributed by atoms with Crippen LogP contribution in [0.1, 0.15) is 42.1 Å². The van der Waals surface area contributed by atoms with Crippen molar-refractivity contribution in [2.24, 2.45) is 0 Å². The number of benzene rings is 3. The largest absolute Gasteiger partial charge is 0.481 e. The molecule has 0 spiro atoms. The highest BCUT2D eigenvalue weighted by Gasteiger charge is 2.29. The zero-order chi connectivity index (χ0) is 22.4. The van der Waals surface area contributed by atoms with Gasteiger partial charge in [0.15, 0.2) is 18.2 Å². The van der Waals surface area contributed by atoms with Crippen LogP contribution in [0.4, 0.5) is 17.6 Å². The van der Waals surface area contributed by atoms with Crippen LogP contribution in [0.3, 0.4) is 0 Å². The van der Waals surface area contributed by atoms with Gasteiger partial charge in [-0.2, -0.15) is 13.2 Å². The van der Waals surface area contributed by atoms with E-state index in [4.69, 9.17) is 4.74 Å². The highest BCUT2D eigenvalue weighted by Crippen LogP contribution is 2.30. The Morgan fingerprint density at radius 1 is 0.968 bits per heavy atom. The average molecular weight is 434 g/mol. The van der Waals surface area contributed by atoms with Gasteiger partial charge >= 0.3 is 12.1 Å². The van der Waals surface area contributed by atoms with E-state index in [1.165, 1.54) is 24.3 Å². The van der Waals surface area contributed by atoms with Crippen LogP contribution in [0.2, 0.25) is 0 Å². The maximum Gasteiger partial charge on any atom is 0.422 e. The third-order valence-corrected chi connectivity index (χ3v) is 4.75. The standard InChI is InChI=1S/C24H22F4O3/c1-2-3-4-5-16-6-8-17(9-7-16)23(29)31-19-11-12-20-18(14-19)10-13-21(22(20)25)30-15-24(26,27)28/h6-14H,2-5,15H2,1H3. The molecule has 3 aromatic rings. The molecule has 0 amide bonds. The van der Waals surface area contributed by atoms with E-state index in [9.17, 15) is 22.4 Å². The lowest BCUT2D eigenvalue weighted by Crippen LogP contribution is -2.19. The molecule has 0 aromatic heterocycles. The summed E-state index contributed by atoms with van der Waals surface area (Å²) < 4.78 is 61.2. The molecule has 0 unspecified atom stereocenters. The van der Waals surface area contributed by atoms with E-state index in [1.807, 2.05) is 12.1 Å². The average Bonchev–Trinajstić information content (AvgIpc) is 2.73. The van der Waals surface area contributed by atoms with Gasteiger partial charge in [0.2, 0.25) is 0 Å². The summed E-state index contributed by atoms with van der Waals surface area (Å²) in [6.07, 6.45) is -0.220. The summed E-state index contributed by atoms with van der Waals surface area (Å²) in [7, 11) is 0. The highest BCUT2D eigenvalue weighted by atomic mass is 19.4. The zero-order valence-corrected chi connectivity index (χ0v) is 17.0. The topological polar surface area (TPSA) is 35.5 Å². The number of carbonyl (C=O) groups excluding carboxylic acids is 1. The number of carbonyl (C=O) groups is 1. The maximum atomic E-state index is 14.5. The minimum Gasteiger partial charge on any atom is -0.481 e. The molecule has 31 heavy (non-hydrogen) atoms. The fraction of sp³-hybridized carbons (Fsp3) is 0.292. The number of halogens is 4. The molecule has 3 nitrogen and oxygen atoms in total. The molecular weight excluding hydrogens is 412 g/mol. The number of fused-ring (bicyclic) bond motifs is 1. The van der Waals surface area contributed by atoms with E-state index in [1.54, 1.807) is 12.1 Å². The van der Waals surface area contributed by atoms with Crippen LogP contribution in [0.5, 0.6) is 11.5 Å². The molecule has 0 radical (unpaired) electrons. The van der Waals surface area contributed by atoms with E-state index in [-0.39, 0.29) is 11.1 Å². The third-order valence-electron chi connectivity index (χ3n) is 4.75. The maximum absolute atomic E-state index is 14.5. The summed E-state index contributed by atoms with van der Waals surface area (Å²) in [6.45, 7) is 0.559. The van der Waals surface area contributed by atoms with Crippen molar-refractivity contribution < 1.29 is 31.8 Å². The molecule has 0 bridgehead atoms. The molecule has 0 saturated heterocycles. The van der Waals surface area contributed by atoms with E-state index in [0.717, 1.165) is 37.3 Å². The molecule has 0 aliphatic rings. The van der Waals surface area contributed by atoms with E-state index >= 15 is 0 Å². The number of rotatable bonds is 8. The Kier molecular flexibility index (Phi) is 7.15. The first kappa shape index (κ1) is 22.6. The number of aryl methyl sites for hydroxylation is 1. The van der Waals surface area contributed by atoms with Crippen molar-refractivity contribution in [1.29, 1.82) is 0 Å². The van der Waals surface area contributed by atoms with Gasteiger partial charge in [0.1, 0.15) is 5.75 Å². The Balaban J connectivity index is 1.69. The second-order valence-electron chi connectivity index (χ2n) is 7.21. The Morgan fingerprint density at radius 2 is 1.71 bits per heavy atom. The monoisotopic (exact) mass is 434 g/mol. The summed E-state index contributed by atoms with van der Waals surface area (Å²) >= 11 is 0. The molecule has 0 heterocycles. The van der Waals surface area contributed by atoms with Crippen LogP contribution >= 0.6 is 0 Å². The highest BCUT2D eigenvalue weighted by molar-refractivity contribution is 5.92. The van der Waals surface area contributed by atoms with E-state index < -0.39 is 30.3 Å². The van der Waals surface area contributed by atoms with Crippen LogP contribution in [0.25, 0.3) is 10.8 Å². The van der Waals surface area contributed by atoms with Gasteiger partial charge in [0.25, 0.3) is 0 Å². The Bertz CT molecular complexity index is 1040. The van der Waals surface area contributed by atoms with Crippen molar-refractivity contribution in [2.45, 2.75) is 38.8 Å². The summed E-state index contributed by atoms with van der Waals surface area (Å²) in [5.41, 5.74) is 1.54. The first-order chi connectivity index (χ1) is 14.8. The van der Waals surface area contributed by atoms with Crippen molar-refractivity contribution in [1.82, 2.24) is 0 Å². The Hall–Kier alpha value is -3.09.